The Morgan fingerprint density at radius 1 is 1.28 bits per heavy atom. The first kappa shape index (κ1) is 15.9. The number of hydrogen-bond acceptors (Lipinski definition) is 5. The zero-order valence-corrected chi connectivity index (χ0v) is 14.3. The minimum Gasteiger partial charge on any atom is -0.321 e. The van der Waals surface area contributed by atoms with Crippen LogP contribution in [0.5, 0.6) is 0 Å². The van der Waals surface area contributed by atoms with Gasteiger partial charge in [-0.05, 0) is 37.1 Å². The summed E-state index contributed by atoms with van der Waals surface area (Å²) in [5.74, 6) is 0.974. The van der Waals surface area contributed by atoms with E-state index in [0.717, 1.165) is 30.3 Å². The summed E-state index contributed by atoms with van der Waals surface area (Å²) in [6.07, 6.45) is 5.06. The Balaban J connectivity index is 1.59. The van der Waals surface area contributed by atoms with E-state index >= 15 is 0 Å². The van der Waals surface area contributed by atoms with Crippen LogP contribution in [0.25, 0.3) is 11.4 Å². The van der Waals surface area contributed by atoms with Crippen molar-refractivity contribution in [2.75, 3.05) is 11.6 Å². The van der Waals surface area contributed by atoms with E-state index in [9.17, 15) is 8.60 Å². The monoisotopic (exact) mass is 357 g/mol. The molecule has 1 unspecified atom stereocenters. The van der Waals surface area contributed by atoms with E-state index in [4.69, 9.17) is 0 Å². The van der Waals surface area contributed by atoms with Crippen LogP contribution in [0.3, 0.4) is 0 Å². The van der Waals surface area contributed by atoms with Crippen LogP contribution in [0, 0.1) is 5.82 Å². The second-order valence-corrected chi connectivity index (χ2v) is 7.36. The molecule has 0 radical (unpaired) electrons. The molecule has 1 saturated carbocycles. The van der Waals surface area contributed by atoms with Crippen molar-refractivity contribution in [3.8, 4) is 11.4 Å². The SMILES string of the molecule is CS(=O)c1ccc(-c2ncc(F)c(Nc3cc(C4CC4)[nH]n3)n2)cc1. The second kappa shape index (κ2) is 6.36. The summed E-state index contributed by atoms with van der Waals surface area (Å²) in [5.41, 5.74) is 1.78. The summed E-state index contributed by atoms with van der Waals surface area (Å²) in [5, 5.41) is 10.0. The summed E-state index contributed by atoms with van der Waals surface area (Å²) in [6.45, 7) is 0. The third-order valence-corrected chi connectivity index (χ3v) is 4.99. The van der Waals surface area contributed by atoms with Gasteiger partial charge in [0.05, 0.1) is 6.20 Å². The number of aromatic amines is 1. The normalized spacial score (nSPS) is 15.1. The van der Waals surface area contributed by atoms with Gasteiger partial charge in [-0.1, -0.05) is 0 Å². The fourth-order valence-corrected chi connectivity index (χ4v) is 3.03. The zero-order valence-electron chi connectivity index (χ0n) is 13.5. The van der Waals surface area contributed by atoms with Crippen LogP contribution in [0.4, 0.5) is 16.0 Å². The molecule has 2 N–H and O–H groups in total. The fourth-order valence-electron chi connectivity index (χ4n) is 2.51. The molecule has 1 aliphatic carbocycles. The first-order chi connectivity index (χ1) is 12.1. The van der Waals surface area contributed by atoms with E-state index in [2.05, 4.69) is 25.5 Å². The smallest absolute Gasteiger partial charge is 0.184 e. The van der Waals surface area contributed by atoms with Gasteiger partial charge in [0.25, 0.3) is 0 Å². The fraction of sp³-hybridized carbons (Fsp3) is 0.235. The Labute approximate surface area is 146 Å². The van der Waals surface area contributed by atoms with E-state index in [1.54, 1.807) is 30.5 Å². The lowest BCUT2D eigenvalue weighted by atomic mass is 10.2. The number of rotatable bonds is 5. The first-order valence-electron chi connectivity index (χ1n) is 7.89. The molecule has 6 nitrogen and oxygen atoms in total. The maximum absolute atomic E-state index is 14.1. The van der Waals surface area contributed by atoms with Crippen LogP contribution in [0.2, 0.25) is 0 Å². The van der Waals surface area contributed by atoms with Crippen LogP contribution in [-0.4, -0.2) is 30.6 Å². The number of anilines is 2. The lowest BCUT2D eigenvalue weighted by molar-refractivity contribution is 0.619. The summed E-state index contributed by atoms with van der Waals surface area (Å²) >= 11 is 0. The van der Waals surface area contributed by atoms with Crippen molar-refractivity contribution in [3.63, 3.8) is 0 Å². The highest BCUT2D eigenvalue weighted by Gasteiger charge is 2.25. The van der Waals surface area contributed by atoms with Gasteiger partial charge in [0.1, 0.15) is 0 Å². The molecule has 2 heterocycles. The Kier molecular flexibility index (Phi) is 4.04. The van der Waals surface area contributed by atoms with Crippen molar-refractivity contribution < 1.29 is 8.60 Å². The van der Waals surface area contributed by atoms with Crippen LogP contribution in [0.1, 0.15) is 24.5 Å². The molecule has 4 rings (SSSR count). The molecule has 2 aromatic heterocycles. The van der Waals surface area contributed by atoms with Crippen molar-refractivity contribution in [1.82, 2.24) is 20.2 Å². The average Bonchev–Trinajstić information content (AvgIpc) is 3.36. The summed E-state index contributed by atoms with van der Waals surface area (Å²) in [7, 11) is -1.05. The van der Waals surface area contributed by atoms with Gasteiger partial charge >= 0.3 is 0 Å². The topological polar surface area (TPSA) is 83.6 Å². The van der Waals surface area contributed by atoms with Gasteiger partial charge in [-0.2, -0.15) is 5.10 Å². The maximum Gasteiger partial charge on any atom is 0.184 e. The lowest BCUT2D eigenvalue weighted by Crippen LogP contribution is -2.01. The van der Waals surface area contributed by atoms with E-state index in [0.29, 0.717) is 22.5 Å². The number of halogens is 1. The number of hydrogen-bond donors (Lipinski definition) is 2. The zero-order chi connectivity index (χ0) is 17.4. The molecule has 3 aromatic rings. The van der Waals surface area contributed by atoms with Crippen LogP contribution < -0.4 is 5.32 Å². The maximum atomic E-state index is 14.1. The quantitative estimate of drug-likeness (QED) is 0.731. The Bertz CT molecular complexity index is 936. The second-order valence-electron chi connectivity index (χ2n) is 5.98. The highest BCUT2D eigenvalue weighted by molar-refractivity contribution is 7.84. The van der Waals surface area contributed by atoms with E-state index in [1.807, 2.05) is 6.07 Å². The summed E-state index contributed by atoms with van der Waals surface area (Å²) < 4.78 is 25.5. The molecule has 128 valence electrons. The highest BCUT2D eigenvalue weighted by atomic mass is 32.2. The molecule has 1 aliphatic rings. The number of nitrogens with zero attached hydrogens (tertiary/aromatic N) is 3. The van der Waals surface area contributed by atoms with Crippen LogP contribution in [0.15, 0.2) is 41.4 Å². The Morgan fingerprint density at radius 3 is 2.72 bits per heavy atom. The number of nitrogens with one attached hydrogen (secondary N) is 2. The molecule has 1 atom stereocenters. The average molecular weight is 357 g/mol. The Hall–Kier alpha value is -2.61. The minimum absolute atomic E-state index is 0.0713. The summed E-state index contributed by atoms with van der Waals surface area (Å²) in [6, 6.07) is 8.92. The molecule has 1 aromatic carbocycles. The molecule has 8 heteroatoms. The molecule has 0 bridgehead atoms. The van der Waals surface area contributed by atoms with Gasteiger partial charge in [-0.3, -0.25) is 9.31 Å². The van der Waals surface area contributed by atoms with Gasteiger partial charge in [0.2, 0.25) is 0 Å². The van der Waals surface area contributed by atoms with E-state index < -0.39 is 16.6 Å². The van der Waals surface area contributed by atoms with Crippen molar-refractivity contribution >= 4 is 22.4 Å². The van der Waals surface area contributed by atoms with Gasteiger partial charge in [-0.15, -0.1) is 0 Å². The van der Waals surface area contributed by atoms with E-state index in [-0.39, 0.29) is 5.82 Å². The highest BCUT2D eigenvalue weighted by Crippen LogP contribution is 2.39. The molecule has 0 spiro atoms. The van der Waals surface area contributed by atoms with Crippen molar-refractivity contribution in [3.05, 3.63) is 48.0 Å². The standard InChI is InChI=1S/C17H16FN5OS/c1-25(24)12-6-4-11(5-7-12)16-19-9-13(18)17(21-16)20-15-8-14(22-23-15)10-2-3-10/h4-10H,2-3H2,1H3,(H2,19,20,21,22,23). The predicted molar refractivity (Wildman–Crippen MR) is 93.6 cm³/mol. The molecular weight excluding hydrogens is 341 g/mol. The predicted octanol–water partition coefficient (Wildman–Crippen LogP) is 3.36. The van der Waals surface area contributed by atoms with Gasteiger partial charge < -0.3 is 5.32 Å². The number of H-pyrrole nitrogens is 1. The van der Waals surface area contributed by atoms with E-state index in [1.165, 1.54) is 0 Å². The number of aromatic nitrogens is 4. The van der Waals surface area contributed by atoms with Crippen LogP contribution in [-0.2, 0) is 10.8 Å². The van der Waals surface area contributed by atoms with Crippen molar-refractivity contribution in [2.24, 2.45) is 0 Å². The molecule has 0 saturated heterocycles. The van der Waals surface area contributed by atoms with Gasteiger partial charge in [0, 0.05) is 45.2 Å². The number of benzene rings is 1. The third-order valence-electron chi connectivity index (χ3n) is 4.05. The molecule has 1 fully saturated rings. The van der Waals surface area contributed by atoms with Gasteiger partial charge in [0.15, 0.2) is 23.3 Å². The molecule has 0 amide bonds. The third kappa shape index (κ3) is 3.43. The molecule has 0 aliphatic heterocycles. The Morgan fingerprint density at radius 2 is 2.04 bits per heavy atom. The summed E-state index contributed by atoms with van der Waals surface area (Å²) in [4.78, 5) is 9.01. The van der Waals surface area contributed by atoms with Crippen molar-refractivity contribution in [2.45, 2.75) is 23.7 Å². The molecule has 25 heavy (non-hydrogen) atoms. The van der Waals surface area contributed by atoms with Gasteiger partial charge in [-0.25, -0.2) is 14.4 Å². The minimum atomic E-state index is -1.05. The van der Waals surface area contributed by atoms with Crippen LogP contribution >= 0.6 is 0 Å². The largest absolute Gasteiger partial charge is 0.321 e. The van der Waals surface area contributed by atoms with Crippen molar-refractivity contribution in [1.29, 1.82) is 0 Å². The molecular formula is C17H16FN5OS. The first-order valence-corrected chi connectivity index (χ1v) is 9.44. The lowest BCUT2D eigenvalue weighted by Gasteiger charge is -2.06.